The van der Waals surface area contributed by atoms with Crippen LogP contribution in [-0.2, 0) is 16.1 Å². The van der Waals surface area contributed by atoms with E-state index >= 15 is 0 Å². The summed E-state index contributed by atoms with van der Waals surface area (Å²) in [6, 6.07) is 8.47. The Labute approximate surface area is 120 Å². The molecule has 0 aromatic heterocycles. The maximum absolute atomic E-state index is 10.7. The number of amides is 1. The molecule has 0 radical (unpaired) electrons. The van der Waals surface area contributed by atoms with Crippen molar-refractivity contribution in [1.29, 1.82) is 0 Å². The van der Waals surface area contributed by atoms with Gasteiger partial charge in [0.1, 0.15) is 0 Å². The minimum Gasteiger partial charge on any atom is -0.383 e. The van der Waals surface area contributed by atoms with Crippen LogP contribution in [0.2, 0.25) is 0 Å². The maximum atomic E-state index is 10.7. The van der Waals surface area contributed by atoms with Crippen molar-refractivity contribution in [3.8, 4) is 0 Å². The molecule has 2 N–H and O–H groups in total. The molecule has 1 aromatic carbocycles. The van der Waals surface area contributed by atoms with Crippen molar-refractivity contribution < 1.29 is 9.53 Å². The van der Waals surface area contributed by atoms with E-state index < -0.39 is 0 Å². The van der Waals surface area contributed by atoms with Gasteiger partial charge in [0.15, 0.2) is 0 Å². The van der Waals surface area contributed by atoms with E-state index in [1.54, 1.807) is 0 Å². The summed E-state index contributed by atoms with van der Waals surface area (Å²) in [4.78, 5) is 13.1. The fraction of sp³-hybridized carbons (Fsp3) is 0.533. The highest BCUT2D eigenvalue weighted by atomic mass is 16.5. The molecular weight excluding hydrogens is 254 g/mol. The van der Waals surface area contributed by atoms with Gasteiger partial charge in [-0.3, -0.25) is 9.69 Å². The molecule has 0 atom stereocenters. The highest BCUT2D eigenvalue weighted by Gasteiger charge is 2.10. The Morgan fingerprint density at radius 1 is 1.20 bits per heavy atom. The number of nitrogens with one attached hydrogen (secondary N) is 2. The second-order valence-corrected chi connectivity index (χ2v) is 5.00. The molecule has 110 valence electrons. The zero-order chi connectivity index (χ0) is 14.2. The van der Waals surface area contributed by atoms with Crippen molar-refractivity contribution in [3.63, 3.8) is 0 Å². The molecule has 1 heterocycles. The Balaban J connectivity index is 1.73. The van der Waals surface area contributed by atoms with E-state index in [0.717, 1.165) is 45.1 Å². The number of morpholine rings is 1. The van der Waals surface area contributed by atoms with Crippen LogP contribution in [0.15, 0.2) is 24.3 Å². The molecule has 1 aliphatic rings. The number of anilines is 1. The second-order valence-electron chi connectivity index (χ2n) is 5.00. The topological polar surface area (TPSA) is 53.6 Å². The van der Waals surface area contributed by atoms with E-state index in [1.807, 2.05) is 0 Å². The van der Waals surface area contributed by atoms with Gasteiger partial charge < -0.3 is 15.4 Å². The molecule has 0 bridgehead atoms. The monoisotopic (exact) mass is 277 g/mol. The van der Waals surface area contributed by atoms with Crippen molar-refractivity contribution in [1.82, 2.24) is 10.2 Å². The van der Waals surface area contributed by atoms with Crippen molar-refractivity contribution in [3.05, 3.63) is 29.8 Å². The largest absolute Gasteiger partial charge is 0.383 e. The summed E-state index contributed by atoms with van der Waals surface area (Å²) in [5.74, 6) is 0.00709. The van der Waals surface area contributed by atoms with Gasteiger partial charge in [0.05, 0.1) is 13.2 Å². The van der Waals surface area contributed by atoms with E-state index in [9.17, 15) is 4.79 Å². The summed E-state index contributed by atoms with van der Waals surface area (Å²) in [6.07, 6.45) is 0. The number of carbonyl (C=O) groups excluding carboxylic acids is 1. The number of hydrogen-bond acceptors (Lipinski definition) is 4. The van der Waals surface area contributed by atoms with E-state index in [4.69, 9.17) is 4.74 Å². The summed E-state index contributed by atoms with van der Waals surface area (Å²) < 4.78 is 5.35. The van der Waals surface area contributed by atoms with E-state index in [1.165, 1.54) is 12.5 Å². The average Bonchev–Trinajstić information content (AvgIpc) is 2.46. The average molecular weight is 277 g/mol. The predicted octanol–water partition coefficient (Wildman–Crippen LogP) is 1.07. The lowest BCUT2D eigenvalue weighted by molar-refractivity contribution is -0.118. The van der Waals surface area contributed by atoms with Crippen LogP contribution >= 0.6 is 0 Å². The number of carbonyl (C=O) groups is 1. The third-order valence-corrected chi connectivity index (χ3v) is 3.29. The Morgan fingerprint density at radius 2 is 1.90 bits per heavy atom. The first-order valence-corrected chi connectivity index (χ1v) is 7.11. The van der Waals surface area contributed by atoms with Crippen LogP contribution in [0.5, 0.6) is 0 Å². The van der Waals surface area contributed by atoms with E-state index in [0.29, 0.717) is 6.54 Å². The van der Waals surface area contributed by atoms with Crippen molar-refractivity contribution in [2.24, 2.45) is 0 Å². The van der Waals surface area contributed by atoms with E-state index in [2.05, 4.69) is 39.8 Å². The minimum absolute atomic E-state index is 0.00709. The Morgan fingerprint density at radius 3 is 2.55 bits per heavy atom. The number of nitrogens with zero attached hydrogens (tertiary/aromatic N) is 1. The molecule has 0 unspecified atom stereocenters. The minimum atomic E-state index is 0.00709. The molecule has 1 aromatic rings. The van der Waals surface area contributed by atoms with Crippen LogP contribution in [0.1, 0.15) is 12.5 Å². The maximum Gasteiger partial charge on any atom is 0.216 e. The number of benzene rings is 1. The molecule has 1 fully saturated rings. The lowest BCUT2D eigenvalue weighted by Gasteiger charge is -2.26. The summed E-state index contributed by atoms with van der Waals surface area (Å²) in [5, 5.41) is 6.04. The first kappa shape index (κ1) is 14.8. The van der Waals surface area contributed by atoms with Crippen molar-refractivity contribution in [2.75, 3.05) is 44.7 Å². The molecule has 1 amide bonds. The predicted molar refractivity (Wildman–Crippen MR) is 79.7 cm³/mol. The summed E-state index contributed by atoms with van der Waals surface area (Å²) in [5.41, 5.74) is 2.40. The molecule has 0 saturated carbocycles. The van der Waals surface area contributed by atoms with Crippen LogP contribution in [-0.4, -0.2) is 50.2 Å². The molecule has 2 rings (SSSR count). The zero-order valence-corrected chi connectivity index (χ0v) is 12.0. The summed E-state index contributed by atoms with van der Waals surface area (Å²) in [7, 11) is 0. The lowest BCUT2D eigenvalue weighted by Crippen LogP contribution is -2.35. The Bertz CT molecular complexity index is 414. The van der Waals surface area contributed by atoms with Crippen LogP contribution < -0.4 is 10.6 Å². The molecule has 5 heteroatoms. The lowest BCUT2D eigenvalue weighted by atomic mass is 10.2. The van der Waals surface area contributed by atoms with Crippen LogP contribution in [0, 0.1) is 0 Å². The first-order valence-electron chi connectivity index (χ1n) is 7.11. The van der Waals surface area contributed by atoms with Crippen LogP contribution in [0.3, 0.4) is 0 Å². The number of hydrogen-bond donors (Lipinski definition) is 2. The van der Waals surface area contributed by atoms with Gasteiger partial charge in [-0.15, -0.1) is 0 Å². The molecule has 0 aliphatic carbocycles. The van der Waals surface area contributed by atoms with Crippen molar-refractivity contribution >= 4 is 11.6 Å². The Kier molecular flexibility index (Phi) is 5.83. The van der Waals surface area contributed by atoms with Gasteiger partial charge in [0, 0.05) is 45.3 Å². The van der Waals surface area contributed by atoms with Gasteiger partial charge in [-0.1, -0.05) is 12.1 Å². The van der Waals surface area contributed by atoms with Crippen LogP contribution in [0.25, 0.3) is 0 Å². The molecule has 1 aliphatic heterocycles. The quantitative estimate of drug-likeness (QED) is 0.764. The smallest absolute Gasteiger partial charge is 0.216 e. The normalized spacial score (nSPS) is 15.8. The summed E-state index contributed by atoms with van der Waals surface area (Å²) >= 11 is 0. The second kappa shape index (κ2) is 7.87. The van der Waals surface area contributed by atoms with Crippen LogP contribution in [0.4, 0.5) is 5.69 Å². The number of ether oxygens (including phenoxy) is 1. The molecule has 1 saturated heterocycles. The van der Waals surface area contributed by atoms with Gasteiger partial charge in [-0.2, -0.15) is 0 Å². The Hall–Kier alpha value is -1.59. The fourth-order valence-corrected chi connectivity index (χ4v) is 2.19. The van der Waals surface area contributed by atoms with Gasteiger partial charge in [0.2, 0.25) is 5.91 Å². The van der Waals surface area contributed by atoms with E-state index in [-0.39, 0.29) is 5.91 Å². The van der Waals surface area contributed by atoms with Gasteiger partial charge in [-0.05, 0) is 17.7 Å². The van der Waals surface area contributed by atoms with Gasteiger partial charge in [-0.25, -0.2) is 0 Å². The third kappa shape index (κ3) is 5.19. The number of rotatable bonds is 6. The third-order valence-electron chi connectivity index (χ3n) is 3.29. The van der Waals surface area contributed by atoms with Gasteiger partial charge in [0.25, 0.3) is 0 Å². The fourth-order valence-electron chi connectivity index (χ4n) is 2.19. The molecule has 0 spiro atoms. The SMILES string of the molecule is CC(=O)NCCNc1ccc(CN2CCOCC2)cc1. The summed E-state index contributed by atoms with van der Waals surface area (Å²) in [6.45, 7) is 7.59. The highest BCUT2D eigenvalue weighted by molar-refractivity contribution is 5.72. The van der Waals surface area contributed by atoms with Crippen molar-refractivity contribution in [2.45, 2.75) is 13.5 Å². The standard InChI is InChI=1S/C15H23N3O2/c1-13(19)16-6-7-17-15-4-2-14(3-5-15)12-18-8-10-20-11-9-18/h2-5,17H,6-12H2,1H3,(H,16,19). The highest BCUT2D eigenvalue weighted by Crippen LogP contribution is 2.12. The zero-order valence-electron chi connectivity index (χ0n) is 12.0. The molecular formula is C15H23N3O2. The van der Waals surface area contributed by atoms with Gasteiger partial charge >= 0.3 is 0 Å². The molecule has 5 nitrogen and oxygen atoms in total. The molecule has 20 heavy (non-hydrogen) atoms. The first-order chi connectivity index (χ1) is 9.74.